The number of anilines is 1. The maximum absolute atomic E-state index is 12.7. The summed E-state index contributed by atoms with van der Waals surface area (Å²) in [6.45, 7) is 3.20. The molecule has 0 atom stereocenters. The Morgan fingerprint density at radius 2 is 1.68 bits per heavy atom. The lowest BCUT2D eigenvalue weighted by atomic mass is 10.1. The number of benzene rings is 3. The number of unbranched alkanes of at least 4 members (excludes halogenated alkanes) is 1. The minimum Gasteiger partial charge on any atom is -0.494 e. The van der Waals surface area contributed by atoms with E-state index in [1.54, 1.807) is 42.5 Å². The van der Waals surface area contributed by atoms with Crippen molar-refractivity contribution in [3.63, 3.8) is 0 Å². The van der Waals surface area contributed by atoms with Crippen molar-refractivity contribution in [1.29, 1.82) is 0 Å². The lowest BCUT2D eigenvalue weighted by molar-refractivity contribution is 0.0953. The highest BCUT2D eigenvalue weighted by molar-refractivity contribution is 7.80. The first-order chi connectivity index (χ1) is 16.6. The zero-order chi connectivity index (χ0) is 24.2. The molecule has 3 aromatic rings. The van der Waals surface area contributed by atoms with Gasteiger partial charge in [0.05, 0.1) is 17.9 Å². The van der Waals surface area contributed by atoms with Crippen LogP contribution in [0.5, 0.6) is 5.75 Å². The van der Waals surface area contributed by atoms with Crippen molar-refractivity contribution < 1.29 is 14.3 Å². The number of hydrogen-bond acceptors (Lipinski definition) is 4. The van der Waals surface area contributed by atoms with E-state index < -0.39 is 0 Å². The molecule has 3 rings (SSSR count). The van der Waals surface area contributed by atoms with E-state index in [1.165, 1.54) is 0 Å². The Bertz CT molecular complexity index is 1120. The quantitative estimate of drug-likeness (QED) is 0.285. The number of nitrogens with one attached hydrogen (secondary N) is 3. The fourth-order valence-corrected chi connectivity index (χ4v) is 3.44. The van der Waals surface area contributed by atoms with Crippen LogP contribution >= 0.6 is 12.2 Å². The van der Waals surface area contributed by atoms with Crippen LogP contribution in [0.3, 0.4) is 0 Å². The zero-order valence-corrected chi connectivity index (χ0v) is 20.0. The summed E-state index contributed by atoms with van der Waals surface area (Å²) in [4.78, 5) is 25.4. The summed E-state index contributed by atoms with van der Waals surface area (Å²) in [5.74, 6) is 0.0609. The van der Waals surface area contributed by atoms with Gasteiger partial charge in [0.25, 0.3) is 11.8 Å². The normalized spacial score (nSPS) is 10.3. The first kappa shape index (κ1) is 24.9. The van der Waals surface area contributed by atoms with Crippen LogP contribution in [0.1, 0.15) is 46.0 Å². The molecule has 176 valence electrons. The maximum Gasteiger partial charge on any atom is 0.257 e. The van der Waals surface area contributed by atoms with Crippen molar-refractivity contribution >= 4 is 34.8 Å². The van der Waals surface area contributed by atoms with Crippen LogP contribution < -0.4 is 20.7 Å². The predicted octanol–water partition coefficient (Wildman–Crippen LogP) is 4.96. The smallest absolute Gasteiger partial charge is 0.257 e. The SMILES string of the molecule is CCCCOc1cccc(C(=O)NC(=S)Nc2ccccc2C(=O)NCCc2ccccc2)c1. The van der Waals surface area contributed by atoms with Gasteiger partial charge in [0.15, 0.2) is 5.11 Å². The molecule has 0 saturated carbocycles. The minimum absolute atomic E-state index is 0.104. The number of hydrogen-bond donors (Lipinski definition) is 3. The van der Waals surface area contributed by atoms with Crippen molar-refractivity contribution in [2.75, 3.05) is 18.5 Å². The average molecular weight is 476 g/mol. The first-order valence-electron chi connectivity index (χ1n) is 11.3. The fourth-order valence-electron chi connectivity index (χ4n) is 3.24. The summed E-state index contributed by atoms with van der Waals surface area (Å²) in [5, 5.41) is 8.66. The molecule has 0 fully saturated rings. The number of amides is 2. The van der Waals surface area contributed by atoms with Crippen LogP contribution in [0.2, 0.25) is 0 Å². The van der Waals surface area contributed by atoms with Crippen LogP contribution in [-0.2, 0) is 6.42 Å². The summed E-state index contributed by atoms with van der Waals surface area (Å²) in [5.41, 5.74) is 2.54. The molecule has 0 radical (unpaired) electrons. The fraction of sp³-hybridized carbons (Fsp3) is 0.222. The lowest BCUT2D eigenvalue weighted by Gasteiger charge is -2.14. The van der Waals surface area contributed by atoms with Gasteiger partial charge in [-0.2, -0.15) is 0 Å². The number of carbonyl (C=O) groups is 2. The number of ether oxygens (including phenoxy) is 1. The van der Waals surface area contributed by atoms with Gasteiger partial charge in [-0.3, -0.25) is 14.9 Å². The van der Waals surface area contributed by atoms with Crippen molar-refractivity contribution in [3.8, 4) is 5.75 Å². The number of thiocarbonyl (C=S) groups is 1. The van der Waals surface area contributed by atoms with Gasteiger partial charge in [-0.1, -0.05) is 61.9 Å². The van der Waals surface area contributed by atoms with E-state index in [2.05, 4.69) is 22.9 Å². The van der Waals surface area contributed by atoms with Crippen LogP contribution in [0.4, 0.5) is 5.69 Å². The van der Waals surface area contributed by atoms with E-state index in [-0.39, 0.29) is 16.9 Å². The van der Waals surface area contributed by atoms with Crippen LogP contribution in [0, 0.1) is 0 Å². The molecule has 34 heavy (non-hydrogen) atoms. The molecule has 0 saturated heterocycles. The second kappa shape index (κ2) is 13.1. The van der Waals surface area contributed by atoms with Crippen molar-refractivity contribution in [2.24, 2.45) is 0 Å². The van der Waals surface area contributed by atoms with E-state index >= 15 is 0 Å². The summed E-state index contributed by atoms with van der Waals surface area (Å²) in [6, 6.07) is 23.9. The van der Waals surface area contributed by atoms with Gasteiger partial charge >= 0.3 is 0 Å². The molecule has 0 aliphatic carbocycles. The van der Waals surface area contributed by atoms with E-state index in [4.69, 9.17) is 17.0 Å². The maximum atomic E-state index is 12.7. The molecular formula is C27H29N3O3S. The third-order valence-corrected chi connectivity index (χ3v) is 5.26. The molecule has 0 spiro atoms. The highest BCUT2D eigenvalue weighted by atomic mass is 32.1. The molecule has 7 heteroatoms. The van der Waals surface area contributed by atoms with Gasteiger partial charge < -0.3 is 15.4 Å². The van der Waals surface area contributed by atoms with Gasteiger partial charge in [0.2, 0.25) is 0 Å². The molecule has 6 nitrogen and oxygen atoms in total. The number of para-hydroxylation sites is 1. The first-order valence-corrected chi connectivity index (χ1v) is 11.7. The Morgan fingerprint density at radius 1 is 0.912 bits per heavy atom. The van der Waals surface area contributed by atoms with Crippen molar-refractivity contribution in [2.45, 2.75) is 26.2 Å². The molecule has 2 amide bonds. The summed E-state index contributed by atoms with van der Waals surface area (Å²) in [6.07, 6.45) is 2.72. The molecule has 0 unspecified atom stereocenters. The van der Waals surface area contributed by atoms with E-state index in [0.717, 1.165) is 24.8 Å². The number of carbonyl (C=O) groups excluding carboxylic acids is 2. The van der Waals surface area contributed by atoms with Gasteiger partial charge in [0, 0.05) is 12.1 Å². The Hall–Kier alpha value is -3.71. The van der Waals surface area contributed by atoms with Gasteiger partial charge in [-0.15, -0.1) is 0 Å². The Morgan fingerprint density at radius 3 is 2.47 bits per heavy atom. The van der Waals surface area contributed by atoms with Crippen molar-refractivity contribution in [3.05, 3.63) is 95.6 Å². The molecule has 0 aromatic heterocycles. The summed E-state index contributed by atoms with van der Waals surface area (Å²) >= 11 is 5.32. The standard InChI is InChI=1S/C27H29N3O3S/c1-2-3-18-33-22-13-9-12-21(19-22)25(31)30-27(34)29-24-15-8-7-14-23(24)26(32)28-17-16-20-10-5-4-6-11-20/h4-15,19H,2-3,16-18H2,1H3,(H,28,32)(H2,29,30,31,34). The van der Waals surface area contributed by atoms with Crippen LogP contribution in [0.25, 0.3) is 0 Å². The van der Waals surface area contributed by atoms with Crippen LogP contribution in [0.15, 0.2) is 78.9 Å². The van der Waals surface area contributed by atoms with Crippen LogP contribution in [-0.4, -0.2) is 30.1 Å². The Kier molecular flexibility index (Phi) is 9.61. The third kappa shape index (κ3) is 7.71. The number of rotatable bonds is 10. The molecule has 0 heterocycles. The highest BCUT2D eigenvalue weighted by Gasteiger charge is 2.14. The monoisotopic (exact) mass is 475 g/mol. The topological polar surface area (TPSA) is 79.5 Å². The Balaban J connectivity index is 1.56. The molecular weight excluding hydrogens is 446 g/mol. The molecule has 3 aromatic carbocycles. The molecule has 0 bridgehead atoms. The second-order valence-electron chi connectivity index (χ2n) is 7.68. The van der Waals surface area contributed by atoms with E-state index in [0.29, 0.717) is 35.7 Å². The van der Waals surface area contributed by atoms with Gasteiger partial charge in [0.1, 0.15) is 5.75 Å². The summed E-state index contributed by atoms with van der Waals surface area (Å²) in [7, 11) is 0. The van der Waals surface area contributed by atoms with E-state index in [1.807, 2.05) is 36.4 Å². The highest BCUT2D eigenvalue weighted by Crippen LogP contribution is 2.16. The third-order valence-electron chi connectivity index (χ3n) is 5.05. The van der Waals surface area contributed by atoms with Crippen molar-refractivity contribution in [1.82, 2.24) is 10.6 Å². The Labute approximate surface area is 205 Å². The average Bonchev–Trinajstić information content (AvgIpc) is 2.85. The molecule has 3 N–H and O–H groups in total. The summed E-state index contributed by atoms with van der Waals surface area (Å²) < 4.78 is 5.67. The zero-order valence-electron chi connectivity index (χ0n) is 19.2. The predicted molar refractivity (Wildman–Crippen MR) is 139 cm³/mol. The molecule has 0 aliphatic heterocycles. The van der Waals surface area contributed by atoms with E-state index in [9.17, 15) is 9.59 Å². The second-order valence-corrected chi connectivity index (χ2v) is 8.08. The largest absolute Gasteiger partial charge is 0.494 e. The minimum atomic E-state index is -0.358. The van der Waals surface area contributed by atoms with Gasteiger partial charge in [-0.05, 0) is 61.0 Å². The lowest BCUT2D eigenvalue weighted by Crippen LogP contribution is -2.35. The van der Waals surface area contributed by atoms with Gasteiger partial charge in [-0.25, -0.2) is 0 Å². The molecule has 0 aliphatic rings.